The topological polar surface area (TPSA) is 266 Å². The molecular formula is C47H47ClF10N9O12PS2. The van der Waals surface area contributed by atoms with Crippen molar-refractivity contribution >= 4 is 74.0 Å². The molecule has 21 nitrogen and oxygen atoms in total. The molecule has 3 atom stereocenters. The minimum Gasteiger partial charge on any atom is -0.422 e. The summed E-state index contributed by atoms with van der Waals surface area (Å²) in [5.41, 5.74) is -6.32. The second kappa shape index (κ2) is 22.5. The quantitative estimate of drug-likeness (QED) is 0.0350. The van der Waals surface area contributed by atoms with Gasteiger partial charge in [-0.3, -0.25) is 14.2 Å². The highest BCUT2D eigenvalue weighted by atomic mass is 35.5. The van der Waals surface area contributed by atoms with Crippen LogP contribution in [0.3, 0.4) is 0 Å². The van der Waals surface area contributed by atoms with Crippen LogP contribution in [0.2, 0.25) is 5.02 Å². The number of ether oxygens (including phenoxy) is 1. The largest absolute Gasteiger partial charge is 0.472 e. The van der Waals surface area contributed by atoms with Gasteiger partial charge in [-0.1, -0.05) is 23.6 Å². The van der Waals surface area contributed by atoms with Gasteiger partial charge in [-0.25, -0.2) is 49.3 Å². The number of alkyl halides is 8. The zero-order chi connectivity index (χ0) is 61.2. The Hall–Kier alpha value is -6.56. The van der Waals surface area contributed by atoms with Crippen LogP contribution in [-0.4, -0.2) is 136 Å². The summed E-state index contributed by atoms with van der Waals surface area (Å²) in [6.45, 7) is -3.26. The average molecular weight is 1250 g/mol. The lowest BCUT2D eigenvalue weighted by Crippen LogP contribution is -2.47. The summed E-state index contributed by atoms with van der Waals surface area (Å²) in [7, 11) is -11.9. The van der Waals surface area contributed by atoms with Crippen LogP contribution in [0.15, 0.2) is 42.5 Å². The number of carbonyl (C=O) groups excluding carboxylic acids is 3. The van der Waals surface area contributed by atoms with Gasteiger partial charge in [-0.15, -0.1) is 0 Å². The first kappa shape index (κ1) is 63.0. The molecule has 3 N–H and O–H groups in total. The molecule has 4 amide bonds. The molecule has 0 bridgehead atoms. The number of sulfonamides is 1. The number of phosphoric acid groups is 1. The summed E-state index contributed by atoms with van der Waals surface area (Å²) in [6, 6.07) is 2.93. The van der Waals surface area contributed by atoms with Crippen LogP contribution in [0.25, 0.3) is 22.0 Å². The number of anilines is 1. The van der Waals surface area contributed by atoms with Crippen molar-refractivity contribution in [3.63, 3.8) is 0 Å². The molecule has 82 heavy (non-hydrogen) atoms. The van der Waals surface area contributed by atoms with Crippen molar-refractivity contribution in [3.05, 3.63) is 93.0 Å². The van der Waals surface area contributed by atoms with E-state index in [-0.39, 0.29) is 43.3 Å². The highest BCUT2D eigenvalue weighted by Crippen LogP contribution is 2.64. The van der Waals surface area contributed by atoms with E-state index < -0.39 is 188 Å². The van der Waals surface area contributed by atoms with Gasteiger partial charge in [0.1, 0.15) is 40.9 Å². The number of nitrogens with one attached hydrogen (secondary N) is 1. The number of urea groups is 1. The van der Waals surface area contributed by atoms with Gasteiger partial charge in [0.25, 0.3) is 5.92 Å². The first-order valence-corrected chi connectivity index (χ1v) is 29.4. The first-order chi connectivity index (χ1) is 37.6. The van der Waals surface area contributed by atoms with E-state index in [9.17, 15) is 70.9 Å². The number of aromatic nitrogens is 5. The van der Waals surface area contributed by atoms with Crippen molar-refractivity contribution in [2.75, 3.05) is 50.8 Å². The monoisotopic (exact) mass is 1250 g/mol. The highest BCUT2D eigenvalue weighted by molar-refractivity contribution is 7.93. The number of amides is 4. The van der Waals surface area contributed by atoms with E-state index in [0.717, 1.165) is 61.6 Å². The van der Waals surface area contributed by atoms with Gasteiger partial charge in [0.2, 0.25) is 22.7 Å². The highest BCUT2D eigenvalue weighted by Gasteiger charge is 2.63. The summed E-state index contributed by atoms with van der Waals surface area (Å²) in [5.74, 6) is -6.42. The number of carbonyl (C=O) groups is 3. The van der Waals surface area contributed by atoms with Crippen LogP contribution >= 0.6 is 19.4 Å². The van der Waals surface area contributed by atoms with Gasteiger partial charge in [0.05, 0.1) is 33.9 Å². The van der Waals surface area contributed by atoms with Crippen LogP contribution in [-0.2, 0) is 70.1 Å². The van der Waals surface area contributed by atoms with Crippen molar-refractivity contribution < 1.29 is 98.7 Å². The van der Waals surface area contributed by atoms with Gasteiger partial charge in [-0.2, -0.15) is 49.6 Å². The summed E-state index contributed by atoms with van der Waals surface area (Å²) >= 11 is 6.69. The molecule has 0 aliphatic heterocycles. The van der Waals surface area contributed by atoms with E-state index >= 15 is 8.78 Å². The van der Waals surface area contributed by atoms with Gasteiger partial charge < -0.3 is 29.6 Å². The Morgan fingerprint density at radius 3 is 2.11 bits per heavy atom. The Morgan fingerprint density at radius 1 is 0.927 bits per heavy atom. The minimum atomic E-state index is -5.27. The number of fused-ring (bicyclic) bond motifs is 4. The predicted octanol–water partition coefficient (Wildman–Crippen LogP) is 7.63. The smallest absolute Gasteiger partial charge is 0.422 e. The SMILES string of the molecule is CN(CCN(C)C(=O)N(c1nn(CC(F)(F)F)c2c(-c3ccc(C#CC(C)(C)S(C)(=O)=O)nc3[C@H](Cc3cc(F)cc(F)c3)NC(=O)Cn3nc(C(F)(F)F)c4c3C(F)(F)[C@@H]3CC[C@H]43)ccc(Cl)c12)S(C)(=O)=O)C(=O)OCOP(=O)(O)O. The molecule has 1 fully saturated rings. The fourth-order valence-corrected chi connectivity index (χ4v) is 10.6. The number of likely N-dealkylation sites (N-methyl/N-ethyl adjacent to an activating group) is 2. The normalized spacial score (nSPS) is 16.6. The van der Waals surface area contributed by atoms with Gasteiger partial charge in [-0.05, 0) is 80.8 Å². The maximum absolute atomic E-state index is 15.9. The molecule has 7 rings (SSSR count). The number of halogens is 11. The third-order valence-corrected chi connectivity index (χ3v) is 17.0. The molecule has 2 aromatic carbocycles. The summed E-state index contributed by atoms with van der Waals surface area (Å²) in [4.78, 5) is 64.7. The number of pyridine rings is 1. The molecule has 0 unspecified atom stereocenters. The first-order valence-electron chi connectivity index (χ1n) is 23.7. The fourth-order valence-electron chi connectivity index (χ4n) is 9.05. The van der Waals surface area contributed by atoms with E-state index in [1.165, 1.54) is 13.8 Å². The van der Waals surface area contributed by atoms with E-state index in [0.29, 0.717) is 17.2 Å². The molecule has 3 heterocycles. The van der Waals surface area contributed by atoms with Crippen molar-refractivity contribution in [1.29, 1.82) is 0 Å². The Kier molecular flexibility index (Phi) is 17.3. The fraction of sp³-hybridized carbons (Fsp3) is 0.447. The van der Waals surface area contributed by atoms with E-state index in [2.05, 4.69) is 41.6 Å². The predicted molar refractivity (Wildman–Crippen MR) is 270 cm³/mol. The third-order valence-electron chi connectivity index (χ3n) is 13.3. The molecule has 2 aliphatic carbocycles. The van der Waals surface area contributed by atoms with Gasteiger partial charge in [0.15, 0.2) is 21.3 Å². The van der Waals surface area contributed by atoms with Crippen LogP contribution < -0.4 is 9.62 Å². The zero-order valence-electron chi connectivity index (χ0n) is 43.4. The van der Waals surface area contributed by atoms with Gasteiger partial charge in [0, 0.05) is 62.1 Å². The van der Waals surface area contributed by atoms with Gasteiger partial charge >= 0.3 is 32.3 Å². The Morgan fingerprint density at radius 2 is 1.55 bits per heavy atom. The number of sulfone groups is 1. The van der Waals surface area contributed by atoms with Crippen LogP contribution in [0.5, 0.6) is 0 Å². The number of phosphoric ester groups is 1. The lowest BCUT2D eigenvalue weighted by Gasteiger charge is -2.34. The minimum absolute atomic E-state index is 0.0296. The summed E-state index contributed by atoms with van der Waals surface area (Å²) < 4.78 is 220. The number of nitrogens with zero attached hydrogens (tertiary/aromatic N) is 8. The molecule has 0 saturated heterocycles. The molecule has 0 radical (unpaired) electrons. The second-order valence-electron chi connectivity index (χ2n) is 19.7. The number of hydrogen-bond acceptors (Lipinski definition) is 13. The van der Waals surface area contributed by atoms with E-state index in [1.54, 1.807) is 0 Å². The standard InChI is InChI=1S/C47H47ClF10N9O12PS2/c1-44(2,81(5,74)75)14-13-27-7-8-28(37(59-27)33(19-24-17-25(49)20-26(50)18-24)60-34(68)21-65-40-35(39(61-65)47(56,57)58)30-9-11-31(30)46(40,54)55)29-10-12-32(48)36-38(29)66(22-45(51,52)53)62-41(36)67(82(6,76)77)42(69)63(3)15-16-64(4)43(70)78-23-79-80(71,72)73/h7-8,10,12,17-18,20,30-31,33H,9,11,15-16,19,21-23H2,1-6H3,(H,60,68)(H2,71,72,73)/t30-,31+,33-/m0/s1. The zero-order valence-corrected chi connectivity index (χ0v) is 46.7. The van der Waals surface area contributed by atoms with E-state index in [1.807, 2.05) is 0 Å². The van der Waals surface area contributed by atoms with Crippen molar-refractivity contribution in [1.82, 2.24) is 39.7 Å². The molecule has 2 aliphatic rings. The molecule has 1 saturated carbocycles. The molecule has 5 aromatic rings. The van der Waals surface area contributed by atoms with Crippen LogP contribution in [0, 0.1) is 29.4 Å². The Labute approximate surface area is 464 Å². The maximum Gasteiger partial charge on any atom is 0.472 e. The van der Waals surface area contributed by atoms with E-state index in [4.69, 9.17) is 21.4 Å². The number of benzene rings is 2. The third kappa shape index (κ3) is 13.6. The van der Waals surface area contributed by atoms with Crippen molar-refractivity contribution in [3.8, 4) is 23.0 Å². The molecule has 3 aromatic heterocycles. The molecule has 35 heteroatoms. The van der Waals surface area contributed by atoms with Crippen LogP contribution in [0.1, 0.15) is 72.6 Å². The Balaban J connectivity index is 1.42. The summed E-state index contributed by atoms with van der Waals surface area (Å²) in [5, 5.41) is 8.53. The van der Waals surface area contributed by atoms with Crippen molar-refractivity contribution in [2.45, 2.75) is 81.2 Å². The number of hydrogen-bond donors (Lipinski definition) is 3. The lowest BCUT2D eigenvalue weighted by molar-refractivity contribution is -0.144. The van der Waals surface area contributed by atoms with Crippen molar-refractivity contribution in [2.24, 2.45) is 5.92 Å². The summed E-state index contributed by atoms with van der Waals surface area (Å²) in [6.07, 6.45) is -11.4. The molecule has 446 valence electrons. The second-order valence-corrected chi connectivity index (χ2v) is 25.7. The lowest BCUT2D eigenvalue weighted by atomic mass is 9.73. The maximum atomic E-state index is 15.9. The Bertz CT molecular complexity index is 3720. The molecular weight excluding hydrogens is 1200 g/mol. The average Bonchev–Trinajstić information content (AvgIpc) is 2.35. The molecule has 0 spiro atoms. The van der Waals surface area contributed by atoms with Crippen LogP contribution in [0.4, 0.5) is 59.3 Å². The number of rotatable bonds is 17.